The van der Waals surface area contributed by atoms with Crippen LogP contribution in [0.1, 0.15) is 30.3 Å². The highest BCUT2D eigenvalue weighted by atomic mass is 19.1. The number of amides is 2. The van der Waals surface area contributed by atoms with Gasteiger partial charge in [-0.1, -0.05) is 13.3 Å². The molecule has 1 aromatic carbocycles. The van der Waals surface area contributed by atoms with E-state index in [-0.39, 0.29) is 23.4 Å². The predicted molar refractivity (Wildman–Crippen MR) is 86.8 cm³/mol. The van der Waals surface area contributed by atoms with E-state index in [2.05, 4.69) is 5.32 Å². The first-order valence-corrected chi connectivity index (χ1v) is 8.04. The minimum Gasteiger partial charge on any atom is -0.451 e. The van der Waals surface area contributed by atoms with Crippen LogP contribution < -0.4 is 5.32 Å². The van der Waals surface area contributed by atoms with E-state index in [4.69, 9.17) is 4.42 Å². The molecule has 2 aromatic rings. The fraction of sp³-hybridized carbons (Fsp3) is 0.333. The number of nitrogens with one attached hydrogen (secondary N) is 1. The van der Waals surface area contributed by atoms with Crippen molar-refractivity contribution in [3.05, 3.63) is 48.0 Å². The molecule has 24 heavy (non-hydrogen) atoms. The SMILES string of the molecule is CCCC1C(=O)NCCN1C(=O)c1ccc(-c2ccc(F)cc2)o1. The lowest BCUT2D eigenvalue weighted by Gasteiger charge is -2.34. The van der Waals surface area contributed by atoms with Crippen LogP contribution in [0.4, 0.5) is 4.39 Å². The molecule has 0 aliphatic carbocycles. The van der Waals surface area contributed by atoms with Crippen LogP contribution >= 0.6 is 0 Å². The fourth-order valence-electron chi connectivity index (χ4n) is 2.88. The third kappa shape index (κ3) is 3.18. The summed E-state index contributed by atoms with van der Waals surface area (Å²) < 4.78 is 18.6. The highest BCUT2D eigenvalue weighted by Crippen LogP contribution is 2.24. The average molecular weight is 330 g/mol. The number of benzene rings is 1. The molecule has 0 saturated carbocycles. The zero-order chi connectivity index (χ0) is 17.1. The zero-order valence-corrected chi connectivity index (χ0v) is 13.4. The van der Waals surface area contributed by atoms with E-state index in [1.165, 1.54) is 12.1 Å². The molecule has 2 amide bonds. The van der Waals surface area contributed by atoms with E-state index < -0.39 is 6.04 Å². The van der Waals surface area contributed by atoms with Crippen molar-refractivity contribution in [1.29, 1.82) is 0 Å². The molecule has 0 radical (unpaired) electrons. The molecule has 1 fully saturated rings. The Labute approximate surface area is 139 Å². The van der Waals surface area contributed by atoms with E-state index >= 15 is 0 Å². The van der Waals surface area contributed by atoms with Crippen molar-refractivity contribution in [3.63, 3.8) is 0 Å². The Kier molecular flexibility index (Phi) is 4.64. The van der Waals surface area contributed by atoms with Gasteiger partial charge >= 0.3 is 0 Å². The van der Waals surface area contributed by atoms with Crippen molar-refractivity contribution >= 4 is 11.8 Å². The highest BCUT2D eigenvalue weighted by Gasteiger charge is 2.34. The lowest BCUT2D eigenvalue weighted by molar-refractivity contribution is -0.128. The van der Waals surface area contributed by atoms with Crippen LogP contribution in [-0.4, -0.2) is 35.8 Å². The summed E-state index contributed by atoms with van der Waals surface area (Å²) in [5, 5.41) is 2.79. The summed E-state index contributed by atoms with van der Waals surface area (Å²) in [5.74, 6) is -0.0706. The highest BCUT2D eigenvalue weighted by molar-refractivity contribution is 5.96. The summed E-state index contributed by atoms with van der Waals surface area (Å²) in [6.45, 7) is 2.88. The van der Waals surface area contributed by atoms with Crippen LogP contribution in [0.3, 0.4) is 0 Å². The lowest BCUT2D eigenvalue weighted by atomic mass is 10.1. The maximum atomic E-state index is 13.0. The number of carbonyl (C=O) groups is 2. The molecule has 1 aliphatic heterocycles. The quantitative estimate of drug-likeness (QED) is 0.937. The van der Waals surface area contributed by atoms with Gasteiger partial charge in [0, 0.05) is 18.7 Å². The molecule has 0 spiro atoms. The summed E-state index contributed by atoms with van der Waals surface area (Å²) in [7, 11) is 0. The second kappa shape index (κ2) is 6.86. The second-order valence-corrected chi connectivity index (χ2v) is 5.76. The Morgan fingerprint density at radius 3 is 2.75 bits per heavy atom. The standard InChI is InChI=1S/C18H19FN2O3/c1-2-3-14-17(22)20-10-11-21(14)18(23)16-9-8-15(24-16)12-4-6-13(19)7-5-12/h4-9,14H,2-3,10-11H2,1H3,(H,20,22). The number of hydrogen-bond acceptors (Lipinski definition) is 3. The fourth-order valence-corrected chi connectivity index (χ4v) is 2.88. The first kappa shape index (κ1) is 16.2. The van der Waals surface area contributed by atoms with Crippen molar-refractivity contribution in [2.24, 2.45) is 0 Å². The number of rotatable bonds is 4. The van der Waals surface area contributed by atoms with Crippen molar-refractivity contribution < 1.29 is 18.4 Å². The molecule has 5 nitrogen and oxygen atoms in total. The molecule has 1 aliphatic rings. The Bertz CT molecular complexity index is 739. The van der Waals surface area contributed by atoms with Crippen LogP contribution in [-0.2, 0) is 4.79 Å². The number of nitrogens with zero attached hydrogens (tertiary/aromatic N) is 1. The molecule has 3 rings (SSSR count). The van der Waals surface area contributed by atoms with Gasteiger partial charge in [-0.05, 0) is 42.8 Å². The molecule has 1 N–H and O–H groups in total. The van der Waals surface area contributed by atoms with Crippen molar-refractivity contribution in [1.82, 2.24) is 10.2 Å². The normalized spacial score (nSPS) is 17.7. The third-order valence-corrected chi connectivity index (χ3v) is 4.10. The van der Waals surface area contributed by atoms with Gasteiger partial charge in [0.25, 0.3) is 5.91 Å². The van der Waals surface area contributed by atoms with Gasteiger partial charge in [-0.3, -0.25) is 9.59 Å². The molecular weight excluding hydrogens is 311 g/mol. The first-order chi connectivity index (χ1) is 11.6. The Morgan fingerprint density at radius 2 is 2.04 bits per heavy atom. The summed E-state index contributed by atoms with van der Waals surface area (Å²) in [6, 6.07) is 8.68. The second-order valence-electron chi connectivity index (χ2n) is 5.76. The summed E-state index contributed by atoms with van der Waals surface area (Å²) in [5.41, 5.74) is 0.692. The van der Waals surface area contributed by atoms with Gasteiger partial charge in [0.15, 0.2) is 5.76 Å². The van der Waals surface area contributed by atoms with Crippen LogP contribution in [0.25, 0.3) is 11.3 Å². The van der Waals surface area contributed by atoms with Gasteiger partial charge in [0.1, 0.15) is 17.6 Å². The predicted octanol–water partition coefficient (Wildman–Crippen LogP) is 2.83. The zero-order valence-electron chi connectivity index (χ0n) is 13.4. The monoisotopic (exact) mass is 330 g/mol. The van der Waals surface area contributed by atoms with E-state index in [0.29, 0.717) is 30.8 Å². The number of piperazine rings is 1. The van der Waals surface area contributed by atoms with Gasteiger partial charge < -0.3 is 14.6 Å². The molecule has 1 unspecified atom stereocenters. The van der Waals surface area contributed by atoms with Gasteiger partial charge in [-0.15, -0.1) is 0 Å². The molecule has 6 heteroatoms. The minimum atomic E-state index is -0.462. The summed E-state index contributed by atoms with van der Waals surface area (Å²) in [6.07, 6.45) is 1.42. The van der Waals surface area contributed by atoms with E-state index in [9.17, 15) is 14.0 Å². The van der Waals surface area contributed by atoms with E-state index in [1.54, 1.807) is 29.2 Å². The van der Waals surface area contributed by atoms with Crippen LogP contribution in [0, 0.1) is 5.82 Å². The molecule has 1 saturated heterocycles. The van der Waals surface area contributed by atoms with E-state index in [1.807, 2.05) is 6.92 Å². The van der Waals surface area contributed by atoms with Crippen LogP contribution in [0.2, 0.25) is 0 Å². The number of furan rings is 1. The molecule has 1 atom stereocenters. The summed E-state index contributed by atoms with van der Waals surface area (Å²) in [4.78, 5) is 26.3. The average Bonchev–Trinajstić information content (AvgIpc) is 3.07. The Hall–Kier alpha value is -2.63. The molecule has 2 heterocycles. The van der Waals surface area contributed by atoms with Gasteiger partial charge in [0.05, 0.1) is 0 Å². The number of halogens is 1. The molecule has 1 aromatic heterocycles. The largest absolute Gasteiger partial charge is 0.451 e. The first-order valence-electron chi connectivity index (χ1n) is 8.04. The van der Waals surface area contributed by atoms with Gasteiger partial charge in [-0.25, -0.2) is 4.39 Å². The van der Waals surface area contributed by atoms with Crippen LogP contribution in [0.15, 0.2) is 40.8 Å². The Morgan fingerprint density at radius 1 is 1.29 bits per heavy atom. The van der Waals surface area contributed by atoms with Gasteiger partial charge in [-0.2, -0.15) is 0 Å². The Balaban J connectivity index is 1.82. The third-order valence-electron chi connectivity index (χ3n) is 4.10. The van der Waals surface area contributed by atoms with Crippen molar-refractivity contribution in [2.75, 3.05) is 13.1 Å². The molecule has 126 valence electrons. The number of carbonyl (C=O) groups excluding carboxylic acids is 2. The smallest absolute Gasteiger partial charge is 0.290 e. The molecular formula is C18H19FN2O3. The lowest BCUT2D eigenvalue weighted by Crippen LogP contribution is -2.57. The summed E-state index contributed by atoms with van der Waals surface area (Å²) >= 11 is 0. The number of hydrogen-bond donors (Lipinski definition) is 1. The van der Waals surface area contributed by atoms with Gasteiger partial charge in [0.2, 0.25) is 5.91 Å². The minimum absolute atomic E-state index is 0.123. The van der Waals surface area contributed by atoms with Crippen LogP contribution in [0.5, 0.6) is 0 Å². The van der Waals surface area contributed by atoms with Crippen molar-refractivity contribution in [3.8, 4) is 11.3 Å². The maximum absolute atomic E-state index is 13.0. The maximum Gasteiger partial charge on any atom is 0.290 e. The van der Waals surface area contributed by atoms with E-state index in [0.717, 1.165) is 6.42 Å². The topological polar surface area (TPSA) is 62.6 Å². The molecule has 0 bridgehead atoms. The van der Waals surface area contributed by atoms with Crippen molar-refractivity contribution in [2.45, 2.75) is 25.8 Å².